The third kappa shape index (κ3) is 4.14. The second kappa shape index (κ2) is 8.04. The van der Waals surface area contributed by atoms with Crippen LogP contribution in [0.1, 0.15) is 34.7 Å². The highest BCUT2D eigenvalue weighted by atomic mass is 32.2. The quantitative estimate of drug-likeness (QED) is 0.668. The van der Waals surface area contributed by atoms with Crippen molar-refractivity contribution in [2.24, 2.45) is 0 Å². The maximum absolute atomic E-state index is 12.8. The van der Waals surface area contributed by atoms with Gasteiger partial charge in [0.1, 0.15) is 0 Å². The molecule has 0 aliphatic rings. The highest BCUT2D eigenvalue weighted by Crippen LogP contribution is 2.19. The lowest BCUT2D eigenvalue weighted by Gasteiger charge is -2.18. The number of fused-ring (bicyclic) bond motifs is 1. The van der Waals surface area contributed by atoms with Gasteiger partial charge in [-0.25, -0.2) is 13.4 Å². The van der Waals surface area contributed by atoms with Gasteiger partial charge in [-0.2, -0.15) is 0 Å². The topological polar surface area (TPSA) is 101 Å². The van der Waals surface area contributed by atoms with Gasteiger partial charge in [0.25, 0.3) is 11.8 Å². The Morgan fingerprint density at radius 1 is 1.10 bits per heavy atom. The van der Waals surface area contributed by atoms with Gasteiger partial charge in [0, 0.05) is 36.8 Å². The lowest BCUT2D eigenvalue weighted by molar-refractivity contribution is 0.0772. The number of carbonyl (C=O) groups excluding carboxylic acids is 2. The molecule has 0 unspecified atom stereocenters. The average molecular weight is 414 g/mol. The first kappa shape index (κ1) is 20.5. The fraction of sp³-hybridized carbons (Fsp3) is 0.250. The SMILES string of the molecule is CCN(CC)C(=O)c1cccc(NC(=O)c2nc(S(C)(=O)=O)n3ccccc23)c1. The van der Waals surface area contributed by atoms with Gasteiger partial charge in [0.2, 0.25) is 15.0 Å². The summed E-state index contributed by atoms with van der Waals surface area (Å²) in [4.78, 5) is 31.1. The second-order valence-corrected chi connectivity index (χ2v) is 8.39. The first-order valence-corrected chi connectivity index (χ1v) is 11.0. The summed E-state index contributed by atoms with van der Waals surface area (Å²) < 4.78 is 25.4. The number of nitrogens with zero attached hydrogens (tertiary/aromatic N) is 3. The van der Waals surface area contributed by atoms with Crippen molar-refractivity contribution in [1.29, 1.82) is 0 Å². The lowest BCUT2D eigenvalue weighted by Crippen LogP contribution is -2.30. The molecular weight excluding hydrogens is 392 g/mol. The van der Waals surface area contributed by atoms with Crippen molar-refractivity contribution in [3.8, 4) is 0 Å². The van der Waals surface area contributed by atoms with Crippen LogP contribution in [0.15, 0.2) is 53.8 Å². The summed E-state index contributed by atoms with van der Waals surface area (Å²) in [7, 11) is -3.63. The van der Waals surface area contributed by atoms with Crippen molar-refractivity contribution in [1.82, 2.24) is 14.3 Å². The van der Waals surface area contributed by atoms with Gasteiger partial charge in [-0.05, 0) is 44.2 Å². The molecule has 1 aromatic carbocycles. The Labute approximate surface area is 169 Å². The van der Waals surface area contributed by atoms with Gasteiger partial charge in [-0.3, -0.25) is 14.0 Å². The third-order valence-corrected chi connectivity index (χ3v) is 5.43. The molecule has 152 valence electrons. The molecule has 1 N–H and O–H groups in total. The normalized spacial score (nSPS) is 11.4. The molecule has 0 spiro atoms. The van der Waals surface area contributed by atoms with E-state index in [0.29, 0.717) is 29.9 Å². The average Bonchev–Trinajstić information content (AvgIpc) is 3.09. The van der Waals surface area contributed by atoms with Crippen LogP contribution in [0.2, 0.25) is 0 Å². The number of hydrogen-bond donors (Lipinski definition) is 1. The lowest BCUT2D eigenvalue weighted by atomic mass is 10.1. The number of carbonyl (C=O) groups is 2. The fourth-order valence-electron chi connectivity index (χ4n) is 3.05. The molecule has 2 aromatic heterocycles. The zero-order chi connectivity index (χ0) is 21.2. The molecule has 0 bridgehead atoms. The minimum Gasteiger partial charge on any atom is -0.339 e. The number of sulfone groups is 1. The molecular formula is C20H22N4O4S. The van der Waals surface area contributed by atoms with E-state index >= 15 is 0 Å². The van der Waals surface area contributed by atoms with Crippen LogP contribution in [0.3, 0.4) is 0 Å². The highest BCUT2D eigenvalue weighted by Gasteiger charge is 2.23. The molecule has 2 amide bonds. The Morgan fingerprint density at radius 2 is 1.83 bits per heavy atom. The van der Waals surface area contributed by atoms with E-state index in [0.717, 1.165) is 6.26 Å². The van der Waals surface area contributed by atoms with E-state index in [-0.39, 0.29) is 16.8 Å². The number of anilines is 1. The molecule has 0 saturated heterocycles. The van der Waals surface area contributed by atoms with Crippen molar-refractivity contribution in [2.75, 3.05) is 24.7 Å². The van der Waals surface area contributed by atoms with Gasteiger partial charge in [-0.15, -0.1) is 0 Å². The number of hydrogen-bond acceptors (Lipinski definition) is 5. The summed E-state index contributed by atoms with van der Waals surface area (Å²) in [6.45, 7) is 4.97. The standard InChI is InChI=1S/C20H22N4O4S/c1-4-23(5-2)19(26)14-9-8-10-15(13-14)21-18(25)17-16-11-6-7-12-24(16)20(22-17)29(3,27)28/h6-13H,4-5H2,1-3H3,(H,21,25). The van der Waals surface area contributed by atoms with Gasteiger partial charge in [0.05, 0.1) is 5.52 Å². The van der Waals surface area contributed by atoms with E-state index < -0.39 is 15.7 Å². The van der Waals surface area contributed by atoms with Gasteiger partial charge in [-0.1, -0.05) is 12.1 Å². The number of imidazole rings is 1. The minimum absolute atomic E-state index is 0.00787. The number of rotatable bonds is 6. The van der Waals surface area contributed by atoms with E-state index in [1.54, 1.807) is 53.6 Å². The maximum Gasteiger partial charge on any atom is 0.276 e. The predicted octanol–water partition coefficient (Wildman–Crippen LogP) is 2.47. The van der Waals surface area contributed by atoms with Crippen LogP contribution in [-0.2, 0) is 9.84 Å². The van der Waals surface area contributed by atoms with E-state index in [9.17, 15) is 18.0 Å². The molecule has 0 aliphatic heterocycles. The summed E-state index contributed by atoms with van der Waals surface area (Å²) in [5.74, 6) is -0.686. The van der Waals surface area contributed by atoms with Crippen LogP contribution in [-0.4, -0.2) is 53.9 Å². The van der Waals surface area contributed by atoms with Crippen LogP contribution >= 0.6 is 0 Å². The molecule has 9 heteroatoms. The molecule has 3 rings (SSSR count). The summed E-state index contributed by atoms with van der Waals surface area (Å²) in [6.07, 6.45) is 2.58. The smallest absolute Gasteiger partial charge is 0.276 e. The third-order valence-electron chi connectivity index (χ3n) is 4.48. The highest BCUT2D eigenvalue weighted by molar-refractivity contribution is 7.90. The first-order valence-electron chi connectivity index (χ1n) is 9.14. The van der Waals surface area contributed by atoms with Crippen LogP contribution in [0, 0.1) is 0 Å². The summed E-state index contributed by atoms with van der Waals surface area (Å²) in [6, 6.07) is 11.6. The zero-order valence-corrected chi connectivity index (χ0v) is 17.2. The number of amides is 2. The van der Waals surface area contributed by atoms with Crippen LogP contribution in [0.4, 0.5) is 5.69 Å². The number of aromatic nitrogens is 2. The van der Waals surface area contributed by atoms with Gasteiger partial charge >= 0.3 is 0 Å². The van der Waals surface area contributed by atoms with Crippen molar-refractivity contribution in [2.45, 2.75) is 19.0 Å². The van der Waals surface area contributed by atoms with Crippen LogP contribution < -0.4 is 5.32 Å². The van der Waals surface area contributed by atoms with Gasteiger partial charge < -0.3 is 10.2 Å². The monoisotopic (exact) mass is 414 g/mol. The molecule has 0 atom stereocenters. The van der Waals surface area contributed by atoms with E-state index in [1.165, 1.54) is 4.40 Å². The van der Waals surface area contributed by atoms with E-state index in [4.69, 9.17) is 0 Å². The molecule has 0 aliphatic carbocycles. The minimum atomic E-state index is -3.63. The number of pyridine rings is 1. The molecule has 2 heterocycles. The Balaban J connectivity index is 1.94. The summed E-state index contributed by atoms with van der Waals surface area (Å²) in [5.41, 5.74) is 1.25. The molecule has 0 fully saturated rings. The van der Waals surface area contributed by atoms with Crippen LogP contribution in [0.25, 0.3) is 5.52 Å². The molecule has 0 radical (unpaired) electrons. The Bertz CT molecular complexity index is 1180. The van der Waals surface area contributed by atoms with E-state index in [2.05, 4.69) is 10.3 Å². The molecule has 3 aromatic rings. The van der Waals surface area contributed by atoms with Crippen molar-refractivity contribution >= 4 is 32.9 Å². The number of benzene rings is 1. The molecule has 29 heavy (non-hydrogen) atoms. The second-order valence-electron chi connectivity index (χ2n) is 6.48. The molecule has 0 saturated carbocycles. The summed E-state index contributed by atoms with van der Waals surface area (Å²) >= 11 is 0. The Kier molecular flexibility index (Phi) is 5.69. The van der Waals surface area contributed by atoms with E-state index in [1.807, 2.05) is 13.8 Å². The zero-order valence-electron chi connectivity index (χ0n) is 16.4. The van der Waals surface area contributed by atoms with Crippen molar-refractivity contribution in [3.63, 3.8) is 0 Å². The maximum atomic E-state index is 12.8. The predicted molar refractivity (Wildman–Crippen MR) is 110 cm³/mol. The fourth-order valence-corrected chi connectivity index (χ4v) is 3.83. The Hall–Kier alpha value is -3.20. The largest absolute Gasteiger partial charge is 0.339 e. The molecule has 8 nitrogen and oxygen atoms in total. The number of nitrogens with one attached hydrogen (secondary N) is 1. The Morgan fingerprint density at radius 3 is 2.48 bits per heavy atom. The van der Waals surface area contributed by atoms with Gasteiger partial charge in [0.15, 0.2) is 5.69 Å². The van der Waals surface area contributed by atoms with Crippen LogP contribution in [0.5, 0.6) is 0 Å². The summed E-state index contributed by atoms with van der Waals surface area (Å²) in [5, 5.41) is 2.50. The van der Waals surface area contributed by atoms with Crippen molar-refractivity contribution in [3.05, 3.63) is 59.9 Å². The first-order chi connectivity index (χ1) is 13.8. The van der Waals surface area contributed by atoms with Crippen molar-refractivity contribution < 1.29 is 18.0 Å².